The fraction of sp³-hybridized carbons (Fsp3) is 0.0667. The maximum atomic E-state index is 6.13. The lowest BCUT2D eigenvalue weighted by Crippen LogP contribution is -1.91. The van der Waals surface area contributed by atoms with Crippen LogP contribution in [0.2, 0.25) is 5.15 Å². The van der Waals surface area contributed by atoms with Crippen molar-refractivity contribution in [1.29, 1.82) is 0 Å². The van der Waals surface area contributed by atoms with E-state index >= 15 is 0 Å². The smallest absolute Gasteiger partial charge is 0.140 e. The average Bonchev–Trinajstić information content (AvgIpc) is 2.40. The molecule has 0 bridgehead atoms. The number of hydrogen-bond donors (Lipinski definition) is 0. The van der Waals surface area contributed by atoms with Crippen molar-refractivity contribution in [2.75, 3.05) is 0 Å². The molecule has 0 fully saturated rings. The summed E-state index contributed by atoms with van der Waals surface area (Å²) in [7, 11) is 0. The van der Waals surface area contributed by atoms with Crippen LogP contribution in [-0.4, -0.2) is 9.97 Å². The third-order valence-electron chi connectivity index (χ3n) is 2.71. The number of ether oxygens (including phenoxy) is 1. The van der Waals surface area contributed by atoms with Crippen LogP contribution in [0.1, 0.15) is 5.82 Å². The topological polar surface area (TPSA) is 35.0 Å². The molecule has 3 aromatic rings. The van der Waals surface area contributed by atoms with Crippen molar-refractivity contribution in [3.05, 3.63) is 59.5 Å². The Hall–Kier alpha value is -2.13. The van der Waals surface area contributed by atoms with E-state index < -0.39 is 0 Å². The summed E-state index contributed by atoms with van der Waals surface area (Å²) in [6, 6.07) is 15.2. The van der Waals surface area contributed by atoms with Gasteiger partial charge < -0.3 is 4.74 Å². The molecule has 4 heteroatoms. The van der Waals surface area contributed by atoms with E-state index in [-0.39, 0.29) is 0 Å². The molecule has 19 heavy (non-hydrogen) atoms. The van der Waals surface area contributed by atoms with Gasteiger partial charge in [0, 0.05) is 5.39 Å². The molecule has 0 N–H and O–H groups in total. The minimum atomic E-state index is 0.445. The van der Waals surface area contributed by atoms with Crippen molar-refractivity contribution in [1.82, 2.24) is 9.97 Å². The van der Waals surface area contributed by atoms with Crippen molar-refractivity contribution in [2.24, 2.45) is 0 Å². The van der Waals surface area contributed by atoms with Gasteiger partial charge in [-0.2, -0.15) is 0 Å². The van der Waals surface area contributed by atoms with Crippen LogP contribution in [-0.2, 0) is 0 Å². The highest BCUT2D eigenvalue weighted by Gasteiger charge is 2.06. The molecule has 0 atom stereocenters. The first-order chi connectivity index (χ1) is 9.22. The lowest BCUT2D eigenvalue weighted by atomic mass is 10.2. The molecule has 0 radical (unpaired) electrons. The summed E-state index contributed by atoms with van der Waals surface area (Å²) >= 11 is 6.13. The zero-order valence-electron chi connectivity index (χ0n) is 10.3. The van der Waals surface area contributed by atoms with Gasteiger partial charge in [-0.25, -0.2) is 9.97 Å². The Morgan fingerprint density at radius 1 is 0.947 bits per heavy atom. The Morgan fingerprint density at radius 2 is 1.74 bits per heavy atom. The molecule has 1 heterocycles. The molecule has 1 aromatic heterocycles. The van der Waals surface area contributed by atoms with Gasteiger partial charge >= 0.3 is 0 Å². The normalized spacial score (nSPS) is 10.6. The van der Waals surface area contributed by atoms with E-state index in [2.05, 4.69) is 9.97 Å². The molecular formula is C15H11ClN2O. The minimum absolute atomic E-state index is 0.445. The van der Waals surface area contributed by atoms with E-state index in [4.69, 9.17) is 16.3 Å². The van der Waals surface area contributed by atoms with Crippen LogP contribution in [0.15, 0.2) is 48.5 Å². The molecule has 0 amide bonds. The number of hydrogen-bond acceptors (Lipinski definition) is 3. The van der Waals surface area contributed by atoms with Gasteiger partial charge in [0.1, 0.15) is 22.5 Å². The molecule has 3 rings (SSSR count). The zero-order chi connectivity index (χ0) is 13.2. The maximum Gasteiger partial charge on any atom is 0.140 e. The number of aromatic nitrogens is 2. The van der Waals surface area contributed by atoms with Crippen molar-refractivity contribution in [3.8, 4) is 11.5 Å². The fourth-order valence-electron chi connectivity index (χ4n) is 1.87. The third kappa shape index (κ3) is 2.51. The van der Waals surface area contributed by atoms with Crippen LogP contribution in [0.5, 0.6) is 11.5 Å². The molecule has 0 aliphatic carbocycles. The zero-order valence-corrected chi connectivity index (χ0v) is 11.1. The van der Waals surface area contributed by atoms with Crippen LogP contribution in [0.25, 0.3) is 10.9 Å². The van der Waals surface area contributed by atoms with Crippen LogP contribution in [0, 0.1) is 6.92 Å². The number of aryl methyl sites for hydroxylation is 1. The molecule has 0 aliphatic heterocycles. The summed E-state index contributed by atoms with van der Waals surface area (Å²) in [4.78, 5) is 8.48. The van der Waals surface area contributed by atoms with Crippen molar-refractivity contribution in [2.45, 2.75) is 6.92 Å². The SMILES string of the molecule is Cc1nc(Cl)c2cc(Oc3ccccc3)ccc2n1. The summed E-state index contributed by atoms with van der Waals surface area (Å²) in [5, 5.41) is 1.24. The molecule has 94 valence electrons. The lowest BCUT2D eigenvalue weighted by Gasteiger charge is -2.07. The summed E-state index contributed by atoms with van der Waals surface area (Å²) in [6.45, 7) is 1.82. The van der Waals surface area contributed by atoms with Gasteiger partial charge in [0.25, 0.3) is 0 Å². The van der Waals surface area contributed by atoms with Gasteiger partial charge in [-0.1, -0.05) is 29.8 Å². The van der Waals surface area contributed by atoms with E-state index in [9.17, 15) is 0 Å². The number of para-hydroxylation sites is 1. The van der Waals surface area contributed by atoms with Gasteiger partial charge in [-0.05, 0) is 37.3 Å². The van der Waals surface area contributed by atoms with Gasteiger partial charge in [0.05, 0.1) is 5.52 Å². The molecule has 3 nitrogen and oxygen atoms in total. The van der Waals surface area contributed by atoms with Crippen LogP contribution in [0.3, 0.4) is 0 Å². The molecule has 0 aliphatic rings. The lowest BCUT2D eigenvalue weighted by molar-refractivity contribution is 0.483. The Morgan fingerprint density at radius 3 is 2.53 bits per heavy atom. The largest absolute Gasteiger partial charge is 0.457 e. The molecule has 0 unspecified atom stereocenters. The van der Waals surface area contributed by atoms with Gasteiger partial charge in [-0.15, -0.1) is 0 Å². The quantitative estimate of drug-likeness (QED) is 0.648. The Labute approximate surface area is 115 Å². The first-order valence-electron chi connectivity index (χ1n) is 5.89. The third-order valence-corrected chi connectivity index (χ3v) is 3.00. The second-order valence-corrected chi connectivity index (χ2v) is 4.51. The predicted molar refractivity (Wildman–Crippen MR) is 75.8 cm³/mol. The second kappa shape index (κ2) is 4.86. The van der Waals surface area contributed by atoms with Crippen LogP contribution in [0.4, 0.5) is 0 Å². The first-order valence-corrected chi connectivity index (χ1v) is 6.27. The Kier molecular flexibility index (Phi) is 3.05. The van der Waals surface area contributed by atoms with E-state index in [0.717, 1.165) is 16.7 Å². The summed E-state index contributed by atoms with van der Waals surface area (Å²) in [5.41, 5.74) is 0.818. The van der Waals surface area contributed by atoms with Gasteiger partial charge in [0.15, 0.2) is 0 Å². The van der Waals surface area contributed by atoms with Gasteiger partial charge in [0.2, 0.25) is 0 Å². The predicted octanol–water partition coefficient (Wildman–Crippen LogP) is 4.38. The molecule has 2 aromatic carbocycles. The summed E-state index contributed by atoms with van der Waals surface area (Å²) in [6.07, 6.45) is 0. The number of halogens is 1. The van der Waals surface area contributed by atoms with Crippen molar-refractivity contribution < 1.29 is 4.74 Å². The van der Waals surface area contributed by atoms with E-state index in [0.29, 0.717) is 16.7 Å². The van der Waals surface area contributed by atoms with Crippen molar-refractivity contribution >= 4 is 22.5 Å². The highest BCUT2D eigenvalue weighted by atomic mass is 35.5. The number of nitrogens with zero attached hydrogens (tertiary/aromatic N) is 2. The number of benzene rings is 2. The first kappa shape index (κ1) is 11.9. The molecule has 0 spiro atoms. The van der Waals surface area contributed by atoms with E-state index in [1.54, 1.807) is 0 Å². The summed E-state index contributed by atoms with van der Waals surface area (Å²) in [5.74, 6) is 2.16. The highest BCUT2D eigenvalue weighted by Crippen LogP contribution is 2.28. The molecule has 0 saturated heterocycles. The van der Waals surface area contributed by atoms with Gasteiger partial charge in [-0.3, -0.25) is 0 Å². The van der Waals surface area contributed by atoms with Crippen LogP contribution < -0.4 is 4.74 Å². The molecular weight excluding hydrogens is 260 g/mol. The van der Waals surface area contributed by atoms with E-state index in [1.165, 1.54) is 0 Å². The Bertz CT molecular complexity index is 729. The fourth-order valence-corrected chi connectivity index (χ4v) is 2.14. The Balaban J connectivity index is 2.02. The number of fused-ring (bicyclic) bond motifs is 1. The standard InChI is InChI=1S/C15H11ClN2O/c1-10-17-14-8-7-12(9-13(14)15(16)18-10)19-11-5-3-2-4-6-11/h2-9H,1H3. The van der Waals surface area contributed by atoms with Crippen molar-refractivity contribution in [3.63, 3.8) is 0 Å². The second-order valence-electron chi connectivity index (χ2n) is 4.16. The molecule has 0 saturated carbocycles. The monoisotopic (exact) mass is 270 g/mol. The van der Waals surface area contributed by atoms with Crippen LogP contribution >= 0.6 is 11.6 Å². The summed E-state index contributed by atoms with van der Waals surface area (Å²) < 4.78 is 5.76. The number of rotatable bonds is 2. The maximum absolute atomic E-state index is 6.13. The average molecular weight is 271 g/mol. The van der Waals surface area contributed by atoms with E-state index in [1.807, 2.05) is 55.5 Å². The minimum Gasteiger partial charge on any atom is -0.457 e. The highest BCUT2D eigenvalue weighted by molar-refractivity contribution is 6.34.